The molecule has 1 aliphatic rings. The van der Waals surface area contributed by atoms with Crippen LogP contribution in [-0.2, 0) is 11.3 Å². The van der Waals surface area contributed by atoms with Crippen molar-refractivity contribution in [3.63, 3.8) is 0 Å². The number of carbonyl (C=O) groups is 2. The first-order valence-electron chi connectivity index (χ1n) is 9.00. The van der Waals surface area contributed by atoms with E-state index >= 15 is 0 Å². The summed E-state index contributed by atoms with van der Waals surface area (Å²) in [6.45, 7) is 2.36. The molecule has 3 N–H and O–H groups in total. The molecule has 3 atom stereocenters. The van der Waals surface area contributed by atoms with Gasteiger partial charge in [-0.25, -0.2) is 0 Å². The molecule has 0 heterocycles. The first-order valence-corrected chi connectivity index (χ1v) is 9.38. The Morgan fingerprint density at radius 3 is 2.41 bits per heavy atom. The lowest BCUT2D eigenvalue weighted by molar-refractivity contribution is -0.125. The lowest BCUT2D eigenvalue weighted by atomic mass is 10.1. The first-order chi connectivity index (χ1) is 12.9. The Morgan fingerprint density at radius 2 is 1.74 bits per heavy atom. The van der Waals surface area contributed by atoms with Gasteiger partial charge in [-0.15, -0.1) is 0 Å². The highest BCUT2D eigenvalue weighted by Crippen LogP contribution is 2.27. The molecule has 5 nitrogen and oxygen atoms in total. The predicted octanol–water partition coefficient (Wildman–Crippen LogP) is 2.83. The molecule has 2 aromatic rings. The van der Waals surface area contributed by atoms with Gasteiger partial charge in [0.05, 0.1) is 12.1 Å². The maximum Gasteiger partial charge on any atom is 0.251 e. The number of halogens is 1. The zero-order valence-corrected chi connectivity index (χ0v) is 15.9. The molecule has 0 aliphatic heterocycles. The van der Waals surface area contributed by atoms with Crippen LogP contribution in [0.3, 0.4) is 0 Å². The lowest BCUT2D eigenvalue weighted by Crippen LogP contribution is -2.40. The zero-order chi connectivity index (χ0) is 19.4. The maximum absolute atomic E-state index is 12.4. The van der Waals surface area contributed by atoms with E-state index in [0.29, 0.717) is 30.0 Å². The Hall–Kier alpha value is -2.37. The fourth-order valence-electron chi connectivity index (χ4n) is 3.28. The molecule has 142 valence electrons. The minimum atomic E-state index is -0.731. The van der Waals surface area contributed by atoms with Crippen LogP contribution in [0.2, 0.25) is 5.02 Å². The molecule has 0 radical (unpaired) electrons. The van der Waals surface area contributed by atoms with Crippen LogP contribution in [-0.4, -0.2) is 29.1 Å². The molecular formula is C21H23ClN2O3. The van der Waals surface area contributed by atoms with Gasteiger partial charge in [-0.1, -0.05) is 41.4 Å². The highest BCUT2D eigenvalue weighted by Gasteiger charge is 2.37. The molecule has 6 heteroatoms. The van der Waals surface area contributed by atoms with Crippen LogP contribution in [0.25, 0.3) is 0 Å². The van der Waals surface area contributed by atoms with Crippen LogP contribution in [0.1, 0.15) is 34.3 Å². The third-order valence-electron chi connectivity index (χ3n) is 4.91. The second-order valence-electron chi connectivity index (χ2n) is 7.03. The summed E-state index contributed by atoms with van der Waals surface area (Å²) in [5.74, 6) is -0.673. The fourth-order valence-corrected chi connectivity index (χ4v) is 3.40. The Morgan fingerprint density at radius 1 is 1.07 bits per heavy atom. The molecule has 0 bridgehead atoms. The van der Waals surface area contributed by atoms with Crippen molar-refractivity contribution in [2.75, 3.05) is 0 Å². The van der Waals surface area contributed by atoms with E-state index < -0.39 is 12.1 Å². The molecule has 0 aromatic heterocycles. The normalized spacial score (nSPS) is 21.7. The summed E-state index contributed by atoms with van der Waals surface area (Å²) in [5, 5.41) is 16.6. The second-order valence-corrected chi connectivity index (χ2v) is 7.46. The highest BCUT2D eigenvalue weighted by molar-refractivity contribution is 6.30. The third-order valence-corrected chi connectivity index (χ3v) is 5.16. The Bertz CT molecular complexity index is 805. The van der Waals surface area contributed by atoms with Crippen LogP contribution in [0.4, 0.5) is 0 Å². The van der Waals surface area contributed by atoms with E-state index in [1.54, 1.807) is 24.3 Å². The van der Waals surface area contributed by atoms with Crippen LogP contribution in [0, 0.1) is 12.8 Å². The topological polar surface area (TPSA) is 78.4 Å². The van der Waals surface area contributed by atoms with Gasteiger partial charge < -0.3 is 15.7 Å². The standard InChI is InChI=1S/C21H23ClN2O3/c1-13-2-6-15(7-3-13)21(27)24-18-10-16(11-19(18)25)20(26)23-12-14-4-8-17(22)9-5-14/h2-9,16,18-19,25H,10-12H2,1H3,(H,23,26)(H,24,27)/t16-,18-,19-/m0/s1. The minimum absolute atomic E-state index is 0.115. The van der Waals surface area contributed by atoms with Gasteiger partial charge in [-0.05, 0) is 49.6 Å². The number of aryl methyl sites for hydroxylation is 1. The summed E-state index contributed by atoms with van der Waals surface area (Å²) in [6.07, 6.45) is 0.0296. The SMILES string of the molecule is Cc1ccc(C(=O)N[C@H]2C[C@H](C(=O)NCc3ccc(Cl)cc3)C[C@@H]2O)cc1. The third kappa shape index (κ3) is 5.08. The van der Waals surface area contributed by atoms with Gasteiger partial charge >= 0.3 is 0 Å². The lowest BCUT2D eigenvalue weighted by Gasteiger charge is -2.16. The van der Waals surface area contributed by atoms with Crippen molar-refractivity contribution < 1.29 is 14.7 Å². The Balaban J connectivity index is 1.52. The Labute approximate surface area is 163 Å². The number of aliphatic hydroxyl groups excluding tert-OH is 1. The number of carbonyl (C=O) groups excluding carboxylic acids is 2. The molecule has 2 amide bonds. The monoisotopic (exact) mass is 386 g/mol. The average Bonchev–Trinajstić information content (AvgIpc) is 3.02. The first kappa shape index (κ1) is 19.4. The Kier molecular flexibility index (Phi) is 6.14. The van der Waals surface area contributed by atoms with Crippen LogP contribution in [0.5, 0.6) is 0 Å². The van der Waals surface area contributed by atoms with Crippen molar-refractivity contribution >= 4 is 23.4 Å². The quantitative estimate of drug-likeness (QED) is 0.739. The van der Waals surface area contributed by atoms with Crippen LogP contribution >= 0.6 is 11.6 Å². The molecule has 2 aromatic carbocycles. The van der Waals surface area contributed by atoms with E-state index in [2.05, 4.69) is 10.6 Å². The molecule has 0 saturated heterocycles. The number of hydrogen-bond donors (Lipinski definition) is 3. The molecule has 1 saturated carbocycles. The summed E-state index contributed by atoms with van der Waals surface area (Å²) < 4.78 is 0. The van der Waals surface area contributed by atoms with E-state index in [1.807, 2.05) is 31.2 Å². The van der Waals surface area contributed by atoms with Gasteiger partial charge in [-0.2, -0.15) is 0 Å². The molecule has 0 spiro atoms. The average molecular weight is 387 g/mol. The molecule has 1 aliphatic carbocycles. The molecule has 3 rings (SSSR count). The van der Waals surface area contributed by atoms with Crippen molar-refractivity contribution in [2.45, 2.75) is 38.5 Å². The molecule has 0 unspecified atom stereocenters. The molecule has 27 heavy (non-hydrogen) atoms. The smallest absolute Gasteiger partial charge is 0.251 e. The number of aliphatic hydroxyl groups is 1. The van der Waals surface area contributed by atoms with Crippen molar-refractivity contribution in [1.82, 2.24) is 10.6 Å². The highest BCUT2D eigenvalue weighted by atomic mass is 35.5. The van der Waals surface area contributed by atoms with Crippen molar-refractivity contribution in [3.8, 4) is 0 Å². The van der Waals surface area contributed by atoms with Crippen LogP contribution < -0.4 is 10.6 Å². The summed E-state index contributed by atoms with van der Waals surface area (Å²) in [6, 6.07) is 14.1. The number of benzene rings is 2. The van der Waals surface area contributed by atoms with Crippen molar-refractivity contribution in [2.24, 2.45) is 5.92 Å². The molecule has 1 fully saturated rings. The van der Waals surface area contributed by atoms with Crippen molar-refractivity contribution in [1.29, 1.82) is 0 Å². The van der Waals surface area contributed by atoms with Gasteiger partial charge in [0.2, 0.25) is 5.91 Å². The summed E-state index contributed by atoms with van der Waals surface area (Å²) in [4.78, 5) is 24.7. The number of nitrogens with one attached hydrogen (secondary N) is 2. The fraction of sp³-hybridized carbons (Fsp3) is 0.333. The van der Waals surface area contributed by atoms with E-state index in [0.717, 1.165) is 11.1 Å². The summed E-state index contributed by atoms with van der Waals surface area (Å²) in [5.41, 5.74) is 2.57. The van der Waals surface area contributed by atoms with E-state index in [9.17, 15) is 14.7 Å². The molecular weight excluding hydrogens is 364 g/mol. The number of hydrogen-bond acceptors (Lipinski definition) is 3. The van der Waals surface area contributed by atoms with Gasteiger partial charge in [0.25, 0.3) is 5.91 Å². The van der Waals surface area contributed by atoms with E-state index in [4.69, 9.17) is 11.6 Å². The minimum Gasteiger partial charge on any atom is -0.391 e. The maximum atomic E-state index is 12.4. The number of amides is 2. The second kappa shape index (κ2) is 8.55. The van der Waals surface area contributed by atoms with E-state index in [1.165, 1.54) is 0 Å². The van der Waals surface area contributed by atoms with Crippen LogP contribution in [0.15, 0.2) is 48.5 Å². The van der Waals surface area contributed by atoms with Gasteiger partial charge in [0, 0.05) is 23.0 Å². The number of rotatable bonds is 5. The summed E-state index contributed by atoms with van der Waals surface area (Å²) >= 11 is 5.85. The summed E-state index contributed by atoms with van der Waals surface area (Å²) in [7, 11) is 0. The van der Waals surface area contributed by atoms with E-state index in [-0.39, 0.29) is 17.7 Å². The van der Waals surface area contributed by atoms with Crippen molar-refractivity contribution in [3.05, 3.63) is 70.2 Å². The predicted molar refractivity (Wildman–Crippen MR) is 104 cm³/mol. The zero-order valence-electron chi connectivity index (χ0n) is 15.1. The van der Waals surface area contributed by atoms with Gasteiger partial charge in [0.1, 0.15) is 0 Å². The largest absolute Gasteiger partial charge is 0.391 e. The van der Waals surface area contributed by atoms with Gasteiger partial charge in [0.15, 0.2) is 0 Å². The van der Waals surface area contributed by atoms with Gasteiger partial charge in [-0.3, -0.25) is 9.59 Å².